The average Bonchev–Trinajstić information content (AvgIpc) is 2.98. The Morgan fingerprint density at radius 1 is 0.955 bits per heavy atom. The Balaban J connectivity index is 1.59. The molecule has 0 fully saturated rings. The third-order valence-electron chi connectivity index (χ3n) is 3.44. The van der Waals surface area contributed by atoms with Crippen LogP contribution in [0.25, 0.3) is 10.9 Å². The van der Waals surface area contributed by atoms with Gasteiger partial charge in [0.15, 0.2) is 0 Å². The summed E-state index contributed by atoms with van der Waals surface area (Å²) in [5.41, 5.74) is 2.16. The minimum Gasteiger partial charge on any atom is -0.494 e. The Morgan fingerprint density at radius 2 is 1.77 bits per heavy atom. The van der Waals surface area contributed by atoms with Gasteiger partial charge in [0.2, 0.25) is 0 Å². The van der Waals surface area contributed by atoms with Crippen LogP contribution in [0.5, 0.6) is 11.5 Å². The lowest BCUT2D eigenvalue weighted by atomic mass is 10.2. The molecule has 4 nitrogen and oxygen atoms in total. The van der Waals surface area contributed by atoms with Gasteiger partial charge in [-0.2, -0.15) is 0 Å². The van der Waals surface area contributed by atoms with E-state index < -0.39 is 0 Å². The smallest absolute Gasteiger partial charge is 0.145 e. The highest BCUT2D eigenvalue weighted by molar-refractivity contribution is 5.85. The second kappa shape index (κ2) is 7.00. The van der Waals surface area contributed by atoms with Gasteiger partial charge in [-0.05, 0) is 29.8 Å². The Labute approximate surface area is 129 Å². The van der Waals surface area contributed by atoms with Gasteiger partial charge in [0.05, 0.1) is 6.61 Å². The van der Waals surface area contributed by atoms with Gasteiger partial charge in [-0.25, -0.2) is 0 Å². The first-order chi connectivity index (χ1) is 10.9. The van der Waals surface area contributed by atoms with E-state index in [-0.39, 0.29) is 6.61 Å². The molecular weight excluding hydrogens is 278 g/mol. The number of fused-ring (bicyclic) bond motifs is 1. The monoisotopic (exact) mass is 297 g/mol. The van der Waals surface area contributed by atoms with Crippen LogP contribution in [0.1, 0.15) is 12.0 Å². The van der Waals surface area contributed by atoms with Crippen molar-refractivity contribution < 1.29 is 14.6 Å². The van der Waals surface area contributed by atoms with Gasteiger partial charge >= 0.3 is 0 Å². The first-order valence-electron chi connectivity index (χ1n) is 7.38. The summed E-state index contributed by atoms with van der Waals surface area (Å²) in [7, 11) is 0. The summed E-state index contributed by atoms with van der Waals surface area (Å²) < 4.78 is 11.4. The summed E-state index contributed by atoms with van der Waals surface area (Å²) in [6, 6.07) is 15.9. The van der Waals surface area contributed by atoms with Crippen LogP contribution in [0.4, 0.5) is 0 Å². The fourth-order valence-electron chi connectivity index (χ4n) is 2.26. The fourth-order valence-corrected chi connectivity index (χ4v) is 2.26. The van der Waals surface area contributed by atoms with Gasteiger partial charge in [-0.15, -0.1) is 0 Å². The number of hydrogen-bond donors (Lipinski definition) is 2. The summed E-state index contributed by atoms with van der Waals surface area (Å²) in [5.74, 6) is 1.67. The van der Waals surface area contributed by atoms with Crippen molar-refractivity contribution in [2.75, 3.05) is 13.2 Å². The number of aromatic nitrogens is 1. The van der Waals surface area contributed by atoms with E-state index in [4.69, 9.17) is 14.6 Å². The molecule has 3 rings (SSSR count). The molecular formula is C18H19NO3. The molecule has 0 atom stereocenters. The van der Waals surface area contributed by atoms with E-state index in [1.165, 1.54) is 0 Å². The summed E-state index contributed by atoms with van der Waals surface area (Å²) >= 11 is 0. The molecule has 1 aromatic heterocycles. The quantitative estimate of drug-likeness (QED) is 0.656. The normalized spacial score (nSPS) is 10.8. The topological polar surface area (TPSA) is 54.5 Å². The van der Waals surface area contributed by atoms with Gasteiger partial charge in [0.1, 0.15) is 18.1 Å². The van der Waals surface area contributed by atoms with Crippen LogP contribution in [0.2, 0.25) is 0 Å². The largest absolute Gasteiger partial charge is 0.494 e. The van der Waals surface area contributed by atoms with E-state index >= 15 is 0 Å². The number of hydrogen-bond acceptors (Lipinski definition) is 3. The molecule has 114 valence electrons. The second-order valence-electron chi connectivity index (χ2n) is 5.06. The van der Waals surface area contributed by atoms with Crippen LogP contribution in [0.3, 0.4) is 0 Å². The van der Waals surface area contributed by atoms with Gasteiger partial charge < -0.3 is 19.6 Å². The fraction of sp³-hybridized carbons (Fsp3) is 0.222. The summed E-state index contributed by atoms with van der Waals surface area (Å²) in [6.07, 6.45) is 2.53. The van der Waals surface area contributed by atoms with Crippen molar-refractivity contribution in [1.29, 1.82) is 0 Å². The third kappa shape index (κ3) is 3.40. The molecule has 3 aromatic rings. The summed E-state index contributed by atoms with van der Waals surface area (Å²) in [5, 5.41) is 9.81. The van der Waals surface area contributed by atoms with E-state index in [0.717, 1.165) is 28.0 Å². The molecule has 0 saturated carbocycles. The molecule has 2 N–H and O–H groups in total. The number of rotatable bonds is 7. The highest BCUT2D eigenvalue weighted by atomic mass is 16.5. The maximum atomic E-state index is 8.73. The molecule has 0 unspecified atom stereocenters. The van der Waals surface area contributed by atoms with Crippen molar-refractivity contribution in [3.63, 3.8) is 0 Å². The number of para-hydroxylation sites is 1. The van der Waals surface area contributed by atoms with Crippen molar-refractivity contribution in [3.05, 3.63) is 60.3 Å². The second-order valence-corrected chi connectivity index (χ2v) is 5.06. The summed E-state index contributed by atoms with van der Waals surface area (Å²) in [4.78, 5) is 3.20. The number of aliphatic hydroxyl groups excluding tert-OH is 1. The minimum atomic E-state index is 0.149. The van der Waals surface area contributed by atoms with Crippen molar-refractivity contribution >= 4 is 10.9 Å². The van der Waals surface area contributed by atoms with Gasteiger partial charge in [-0.3, -0.25) is 0 Å². The Kier molecular flexibility index (Phi) is 4.61. The zero-order valence-electron chi connectivity index (χ0n) is 12.3. The predicted octanol–water partition coefficient (Wildman–Crippen LogP) is 3.51. The van der Waals surface area contributed by atoms with Gasteiger partial charge in [0.25, 0.3) is 0 Å². The Hall–Kier alpha value is -2.46. The highest BCUT2D eigenvalue weighted by Gasteiger charge is 2.04. The summed E-state index contributed by atoms with van der Waals surface area (Å²) in [6.45, 7) is 1.19. The third-order valence-corrected chi connectivity index (χ3v) is 3.44. The van der Waals surface area contributed by atoms with Crippen molar-refractivity contribution in [2.45, 2.75) is 13.0 Å². The maximum absolute atomic E-state index is 8.73. The first-order valence-corrected chi connectivity index (χ1v) is 7.38. The van der Waals surface area contributed by atoms with Crippen LogP contribution in [0, 0.1) is 0 Å². The standard InChI is InChI=1S/C18H19NO3/c20-10-3-11-21-15-8-6-14(7-9-15)13-22-18-12-19-17-5-2-1-4-16(17)18/h1-2,4-9,12,19-20H,3,10-11,13H2. The molecule has 1 heterocycles. The molecule has 0 aliphatic rings. The zero-order chi connectivity index (χ0) is 15.2. The number of aliphatic hydroxyl groups is 1. The van der Waals surface area contributed by atoms with E-state index in [1.807, 2.05) is 54.7 Å². The number of H-pyrrole nitrogens is 1. The Morgan fingerprint density at radius 3 is 2.59 bits per heavy atom. The molecule has 0 aliphatic carbocycles. The van der Waals surface area contributed by atoms with Crippen molar-refractivity contribution in [1.82, 2.24) is 4.98 Å². The van der Waals surface area contributed by atoms with E-state index in [2.05, 4.69) is 4.98 Å². The van der Waals surface area contributed by atoms with Gasteiger partial charge in [-0.1, -0.05) is 24.3 Å². The number of aromatic amines is 1. The molecule has 2 aromatic carbocycles. The van der Waals surface area contributed by atoms with Gasteiger partial charge in [0, 0.05) is 30.1 Å². The molecule has 4 heteroatoms. The highest BCUT2D eigenvalue weighted by Crippen LogP contribution is 2.25. The average molecular weight is 297 g/mol. The molecule has 0 saturated heterocycles. The van der Waals surface area contributed by atoms with E-state index in [9.17, 15) is 0 Å². The molecule has 0 spiro atoms. The molecule has 0 aliphatic heterocycles. The molecule has 0 amide bonds. The lowest BCUT2D eigenvalue weighted by Crippen LogP contribution is -2.00. The minimum absolute atomic E-state index is 0.149. The number of nitrogens with one attached hydrogen (secondary N) is 1. The molecule has 0 bridgehead atoms. The zero-order valence-corrected chi connectivity index (χ0v) is 12.3. The van der Waals surface area contributed by atoms with Crippen LogP contribution in [-0.2, 0) is 6.61 Å². The Bertz CT molecular complexity index is 719. The van der Waals surface area contributed by atoms with Crippen molar-refractivity contribution in [3.8, 4) is 11.5 Å². The van der Waals surface area contributed by atoms with E-state index in [0.29, 0.717) is 19.6 Å². The maximum Gasteiger partial charge on any atom is 0.145 e. The van der Waals surface area contributed by atoms with Crippen molar-refractivity contribution in [2.24, 2.45) is 0 Å². The lowest BCUT2D eigenvalue weighted by Gasteiger charge is -2.07. The van der Waals surface area contributed by atoms with Crippen LogP contribution < -0.4 is 9.47 Å². The van der Waals surface area contributed by atoms with Crippen LogP contribution in [-0.4, -0.2) is 23.3 Å². The molecule has 0 radical (unpaired) electrons. The number of benzene rings is 2. The van der Waals surface area contributed by atoms with Crippen LogP contribution >= 0.6 is 0 Å². The molecule has 22 heavy (non-hydrogen) atoms. The first kappa shape index (κ1) is 14.5. The lowest BCUT2D eigenvalue weighted by molar-refractivity contribution is 0.233. The van der Waals surface area contributed by atoms with E-state index in [1.54, 1.807) is 0 Å². The predicted molar refractivity (Wildman–Crippen MR) is 86.3 cm³/mol. The SMILES string of the molecule is OCCCOc1ccc(COc2c[nH]c3ccccc23)cc1. The van der Waals surface area contributed by atoms with Crippen LogP contribution in [0.15, 0.2) is 54.7 Å². The number of ether oxygens (including phenoxy) is 2.